The van der Waals surface area contributed by atoms with Crippen molar-refractivity contribution < 1.29 is 14.7 Å². The minimum Gasteiger partial charge on any atom is -0.481 e. The smallest absolute Gasteiger partial charge is 0.305 e. The number of hydrogen-bond donors (Lipinski definition) is 1. The van der Waals surface area contributed by atoms with E-state index in [0.29, 0.717) is 11.1 Å². The topological polar surface area (TPSA) is 81.4 Å². The number of rotatable bonds is 4. The highest BCUT2D eigenvalue weighted by Crippen LogP contribution is 2.06. The number of aliphatic carboxylic acids is 1. The van der Waals surface area contributed by atoms with Crippen LogP contribution in [0.2, 0.25) is 0 Å². The Morgan fingerprint density at radius 2 is 1.94 bits per heavy atom. The van der Waals surface area contributed by atoms with Gasteiger partial charge in [0, 0.05) is 19.2 Å². The molecule has 0 radical (unpaired) electrons. The molecule has 1 amide bonds. The highest BCUT2D eigenvalue weighted by Gasteiger charge is 2.12. The van der Waals surface area contributed by atoms with Gasteiger partial charge in [-0.05, 0) is 24.3 Å². The van der Waals surface area contributed by atoms with Crippen molar-refractivity contribution in [1.82, 2.24) is 4.90 Å². The molecule has 88 valence electrons. The molecule has 1 rings (SSSR count). The molecule has 1 aromatic carbocycles. The Bertz CT molecular complexity index is 460. The summed E-state index contributed by atoms with van der Waals surface area (Å²) in [6.07, 6.45) is -0.0848. The standard InChI is InChI=1S/C12H12N2O3/c1-14(7-6-11(15)16)12(17)10-4-2-9(8-13)3-5-10/h2-5H,6-7H2,1H3,(H,15,16). The molecular formula is C12H12N2O3. The van der Waals surface area contributed by atoms with Gasteiger partial charge in [-0.15, -0.1) is 0 Å². The highest BCUT2D eigenvalue weighted by atomic mass is 16.4. The fourth-order valence-corrected chi connectivity index (χ4v) is 1.27. The Kier molecular flexibility index (Phi) is 4.23. The van der Waals surface area contributed by atoms with Gasteiger partial charge in [0.05, 0.1) is 18.1 Å². The molecular weight excluding hydrogens is 220 g/mol. The van der Waals surface area contributed by atoms with Gasteiger partial charge in [0.25, 0.3) is 5.91 Å². The van der Waals surface area contributed by atoms with Crippen LogP contribution in [0.5, 0.6) is 0 Å². The number of nitriles is 1. The Morgan fingerprint density at radius 1 is 1.35 bits per heavy atom. The number of hydrogen-bond acceptors (Lipinski definition) is 3. The highest BCUT2D eigenvalue weighted by molar-refractivity contribution is 5.94. The van der Waals surface area contributed by atoms with Crippen LogP contribution in [0.4, 0.5) is 0 Å². The molecule has 0 heterocycles. The first-order valence-corrected chi connectivity index (χ1v) is 5.02. The SMILES string of the molecule is CN(CCC(=O)O)C(=O)c1ccc(C#N)cc1. The van der Waals surface area contributed by atoms with Crippen molar-refractivity contribution in [2.45, 2.75) is 6.42 Å². The van der Waals surface area contributed by atoms with Crippen LogP contribution in [0.1, 0.15) is 22.3 Å². The molecule has 0 aliphatic rings. The minimum absolute atomic E-state index is 0.0848. The number of nitrogens with zero attached hydrogens (tertiary/aromatic N) is 2. The number of carbonyl (C=O) groups excluding carboxylic acids is 1. The summed E-state index contributed by atoms with van der Waals surface area (Å²) < 4.78 is 0. The molecule has 0 saturated carbocycles. The summed E-state index contributed by atoms with van der Waals surface area (Å²) in [7, 11) is 1.55. The molecule has 5 nitrogen and oxygen atoms in total. The Balaban J connectivity index is 2.68. The van der Waals surface area contributed by atoms with Gasteiger partial charge in [-0.1, -0.05) is 0 Å². The molecule has 0 unspecified atom stereocenters. The van der Waals surface area contributed by atoms with Crippen LogP contribution >= 0.6 is 0 Å². The van der Waals surface area contributed by atoms with Crippen LogP contribution in [0, 0.1) is 11.3 Å². The van der Waals surface area contributed by atoms with Gasteiger partial charge in [-0.3, -0.25) is 9.59 Å². The number of carboxylic acid groups (broad SMARTS) is 1. The number of carboxylic acids is 1. The quantitative estimate of drug-likeness (QED) is 0.842. The maximum absolute atomic E-state index is 11.8. The van der Waals surface area contributed by atoms with Crippen molar-refractivity contribution >= 4 is 11.9 Å². The lowest BCUT2D eigenvalue weighted by molar-refractivity contribution is -0.137. The van der Waals surface area contributed by atoms with Gasteiger partial charge in [0.1, 0.15) is 0 Å². The Morgan fingerprint density at radius 3 is 2.41 bits per heavy atom. The van der Waals surface area contributed by atoms with Gasteiger partial charge in [0.15, 0.2) is 0 Å². The van der Waals surface area contributed by atoms with E-state index in [1.807, 2.05) is 6.07 Å². The summed E-state index contributed by atoms with van der Waals surface area (Å²) in [6.45, 7) is 0.161. The molecule has 0 spiro atoms. The van der Waals surface area contributed by atoms with E-state index in [1.165, 1.54) is 4.90 Å². The number of amides is 1. The fraction of sp³-hybridized carbons (Fsp3) is 0.250. The third-order valence-electron chi connectivity index (χ3n) is 2.27. The molecule has 0 fully saturated rings. The normalized spacial score (nSPS) is 9.41. The summed E-state index contributed by atoms with van der Waals surface area (Å²) in [5.41, 5.74) is 0.923. The van der Waals surface area contributed by atoms with Crippen LogP contribution in [0.15, 0.2) is 24.3 Å². The van der Waals surface area contributed by atoms with Crippen molar-refractivity contribution in [3.63, 3.8) is 0 Å². The second kappa shape index (κ2) is 5.66. The summed E-state index contributed by atoms with van der Waals surface area (Å²) in [4.78, 5) is 23.5. The number of benzene rings is 1. The minimum atomic E-state index is -0.940. The summed E-state index contributed by atoms with van der Waals surface area (Å²) >= 11 is 0. The van der Waals surface area contributed by atoms with Crippen LogP contribution in [-0.4, -0.2) is 35.5 Å². The monoisotopic (exact) mass is 232 g/mol. The first-order chi connectivity index (χ1) is 8.04. The zero-order valence-corrected chi connectivity index (χ0v) is 9.38. The molecule has 0 aliphatic carbocycles. The van der Waals surface area contributed by atoms with Crippen molar-refractivity contribution in [1.29, 1.82) is 5.26 Å². The van der Waals surface area contributed by atoms with Crippen LogP contribution in [0.25, 0.3) is 0 Å². The predicted octanol–water partition coefficient (Wildman–Crippen LogP) is 1.10. The van der Waals surface area contributed by atoms with E-state index >= 15 is 0 Å². The van der Waals surface area contributed by atoms with Crippen molar-refractivity contribution in [3.05, 3.63) is 35.4 Å². The molecule has 5 heteroatoms. The molecule has 1 N–H and O–H groups in total. The van der Waals surface area contributed by atoms with Gasteiger partial charge in [-0.25, -0.2) is 0 Å². The second-order valence-electron chi connectivity index (χ2n) is 3.56. The third kappa shape index (κ3) is 3.61. The lowest BCUT2D eigenvalue weighted by Gasteiger charge is -2.15. The first-order valence-electron chi connectivity index (χ1n) is 5.02. The van der Waals surface area contributed by atoms with E-state index in [-0.39, 0.29) is 18.9 Å². The molecule has 1 aromatic rings. The molecule has 0 atom stereocenters. The maximum atomic E-state index is 11.8. The van der Waals surface area contributed by atoms with Crippen molar-refractivity contribution in [3.8, 4) is 6.07 Å². The molecule has 0 aliphatic heterocycles. The molecule has 17 heavy (non-hydrogen) atoms. The number of carbonyl (C=O) groups is 2. The van der Waals surface area contributed by atoms with Crippen LogP contribution in [0.3, 0.4) is 0 Å². The average Bonchev–Trinajstić information content (AvgIpc) is 2.35. The lowest BCUT2D eigenvalue weighted by atomic mass is 10.1. The summed E-state index contributed by atoms with van der Waals surface area (Å²) in [5.74, 6) is -1.19. The van der Waals surface area contributed by atoms with Crippen molar-refractivity contribution in [2.75, 3.05) is 13.6 Å². The van der Waals surface area contributed by atoms with E-state index < -0.39 is 5.97 Å². The lowest BCUT2D eigenvalue weighted by Crippen LogP contribution is -2.28. The van der Waals surface area contributed by atoms with Gasteiger partial charge >= 0.3 is 5.97 Å². The molecule has 0 saturated heterocycles. The van der Waals surface area contributed by atoms with Gasteiger partial charge < -0.3 is 10.0 Å². The third-order valence-corrected chi connectivity index (χ3v) is 2.27. The molecule has 0 bridgehead atoms. The maximum Gasteiger partial charge on any atom is 0.305 e. The van der Waals surface area contributed by atoms with Crippen LogP contribution < -0.4 is 0 Å². The summed E-state index contributed by atoms with van der Waals surface area (Å²) in [5, 5.41) is 17.1. The second-order valence-corrected chi connectivity index (χ2v) is 3.56. The predicted molar refractivity (Wildman–Crippen MR) is 60.4 cm³/mol. The van der Waals surface area contributed by atoms with Gasteiger partial charge in [-0.2, -0.15) is 5.26 Å². The van der Waals surface area contributed by atoms with E-state index in [4.69, 9.17) is 10.4 Å². The molecule has 0 aromatic heterocycles. The zero-order chi connectivity index (χ0) is 12.8. The van der Waals surface area contributed by atoms with Gasteiger partial charge in [0.2, 0.25) is 0 Å². The largest absolute Gasteiger partial charge is 0.481 e. The van der Waals surface area contributed by atoms with E-state index in [2.05, 4.69) is 0 Å². The Hall–Kier alpha value is -2.35. The van der Waals surface area contributed by atoms with Crippen LogP contribution in [-0.2, 0) is 4.79 Å². The summed E-state index contributed by atoms with van der Waals surface area (Å²) in [6, 6.07) is 8.17. The Labute approximate surface area is 98.9 Å². The van der Waals surface area contributed by atoms with Crippen molar-refractivity contribution in [2.24, 2.45) is 0 Å². The van der Waals surface area contributed by atoms with E-state index in [1.54, 1.807) is 31.3 Å². The average molecular weight is 232 g/mol. The first kappa shape index (κ1) is 12.7. The fourth-order valence-electron chi connectivity index (χ4n) is 1.27. The van der Waals surface area contributed by atoms with E-state index in [9.17, 15) is 9.59 Å². The zero-order valence-electron chi connectivity index (χ0n) is 9.38. The van der Waals surface area contributed by atoms with E-state index in [0.717, 1.165) is 0 Å².